The van der Waals surface area contributed by atoms with Gasteiger partial charge in [-0.1, -0.05) is 13.8 Å². The van der Waals surface area contributed by atoms with Crippen molar-refractivity contribution in [2.45, 2.75) is 25.5 Å². The summed E-state index contributed by atoms with van der Waals surface area (Å²) >= 11 is 0. The Bertz CT molecular complexity index is 1050. The van der Waals surface area contributed by atoms with Gasteiger partial charge in [-0.15, -0.1) is 0 Å². The van der Waals surface area contributed by atoms with Crippen molar-refractivity contribution >= 4 is 25.8 Å². The van der Waals surface area contributed by atoms with E-state index in [4.69, 9.17) is 0 Å². The van der Waals surface area contributed by atoms with Crippen LogP contribution in [0.1, 0.15) is 31.0 Å². The molecule has 0 radical (unpaired) electrons. The first-order valence-electron chi connectivity index (χ1n) is 8.08. The Labute approximate surface area is 159 Å². The summed E-state index contributed by atoms with van der Waals surface area (Å²) in [4.78, 5) is 8.64. The molecular formula is C17H22FN3O4S2. The van der Waals surface area contributed by atoms with E-state index >= 15 is 0 Å². The summed E-state index contributed by atoms with van der Waals surface area (Å²) < 4.78 is 62.0. The first-order valence-corrected chi connectivity index (χ1v) is 12.0. The van der Waals surface area contributed by atoms with Crippen LogP contribution in [0.3, 0.4) is 0 Å². The average molecular weight is 416 g/mol. The largest absolute Gasteiger partial charge is 0.241 e. The number of benzene rings is 1. The van der Waals surface area contributed by atoms with Crippen molar-refractivity contribution in [3.05, 3.63) is 41.3 Å². The highest BCUT2D eigenvalue weighted by Gasteiger charge is 2.24. The van der Waals surface area contributed by atoms with Gasteiger partial charge in [0.05, 0.1) is 23.4 Å². The summed E-state index contributed by atoms with van der Waals surface area (Å²) in [5.74, 6) is -1.01. The number of sulfone groups is 1. The minimum Gasteiger partial charge on any atom is -0.241 e. The molecule has 148 valence electrons. The summed E-state index contributed by atoms with van der Waals surface area (Å²) in [6.07, 6.45) is 2.12. The van der Waals surface area contributed by atoms with Crippen LogP contribution in [0.5, 0.6) is 0 Å². The maximum atomic E-state index is 13.3. The van der Waals surface area contributed by atoms with Crippen LogP contribution in [0, 0.1) is 5.82 Å². The molecule has 0 unspecified atom stereocenters. The highest BCUT2D eigenvalue weighted by atomic mass is 32.2. The Morgan fingerprint density at radius 2 is 1.59 bits per heavy atom. The minimum atomic E-state index is -3.62. The molecule has 0 atom stereocenters. The zero-order valence-corrected chi connectivity index (χ0v) is 17.4. The Morgan fingerprint density at radius 1 is 1.04 bits per heavy atom. The Morgan fingerprint density at radius 3 is 2.04 bits per heavy atom. The molecule has 0 saturated heterocycles. The van der Waals surface area contributed by atoms with Crippen LogP contribution in [0.4, 0.5) is 10.3 Å². The standard InChI is InChI=1S/C17H22FN3O4S2/c1-11(2)15-14(10-26(4,22)23)16(12-6-8-13(18)9-7-12)20-17(19-15)21(3)27(5,24)25/h6-9,11H,10H2,1-5H3. The van der Waals surface area contributed by atoms with Gasteiger partial charge in [0.15, 0.2) is 9.84 Å². The summed E-state index contributed by atoms with van der Waals surface area (Å²) in [6, 6.07) is 5.41. The first-order chi connectivity index (χ1) is 12.3. The minimum absolute atomic E-state index is 0.0715. The molecule has 0 spiro atoms. The quantitative estimate of drug-likeness (QED) is 0.718. The fraction of sp³-hybridized carbons (Fsp3) is 0.412. The molecule has 1 aromatic carbocycles. The highest BCUT2D eigenvalue weighted by Crippen LogP contribution is 2.31. The average Bonchev–Trinajstić information content (AvgIpc) is 2.52. The van der Waals surface area contributed by atoms with E-state index in [0.29, 0.717) is 16.8 Å². The Hall–Kier alpha value is -2.07. The molecule has 1 aromatic heterocycles. The topological polar surface area (TPSA) is 97.3 Å². The van der Waals surface area contributed by atoms with Gasteiger partial charge in [0.25, 0.3) is 0 Å². The SMILES string of the molecule is CC(C)c1nc(N(C)S(C)(=O)=O)nc(-c2ccc(F)cc2)c1CS(C)(=O)=O. The van der Waals surface area contributed by atoms with Crippen LogP contribution in [0.15, 0.2) is 24.3 Å². The molecule has 7 nitrogen and oxygen atoms in total. The number of nitrogens with zero attached hydrogens (tertiary/aromatic N) is 3. The molecule has 0 fully saturated rings. The van der Waals surface area contributed by atoms with E-state index in [2.05, 4.69) is 9.97 Å². The third-order valence-electron chi connectivity index (χ3n) is 3.88. The number of halogens is 1. The zero-order chi connectivity index (χ0) is 20.6. The predicted octanol–water partition coefficient (Wildman–Crippen LogP) is 2.35. The van der Waals surface area contributed by atoms with Crippen LogP contribution in [-0.4, -0.2) is 46.4 Å². The van der Waals surface area contributed by atoms with Gasteiger partial charge in [-0.2, -0.15) is 0 Å². The lowest BCUT2D eigenvalue weighted by molar-refractivity contribution is 0.596. The molecule has 0 aliphatic carbocycles. The molecule has 10 heteroatoms. The van der Waals surface area contributed by atoms with Crippen molar-refractivity contribution in [3.63, 3.8) is 0 Å². The second kappa shape index (κ2) is 7.51. The van der Waals surface area contributed by atoms with Gasteiger partial charge in [0, 0.05) is 24.4 Å². The molecule has 2 aromatic rings. The van der Waals surface area contributed by atoms with Gasteiger partial charge in [-0.05, 0) is 30.2 Å². The predicted molar refractivity (Wildman–Crippen MR) is 103 cm³/mol. The third-order valence-corrected chi connectivity index (χ3v) is 5.85. The van der Waals surface area contributed by atoms with Crippen molar-refractivity contribution in [2.24, 2.45) is 0 Å². The highest BCUT2D eigenvalue weighted by molar-refractivity contribution is 7.92. The molecule has 0 N–H and O–H groups in total. The van der Waals surface area contributed by atoms with Crippen LogP contribution < -0.4 is 4.31 Å². The van der Waals surface area contributed by atoms with Gasteiger partial charge < -0.3 is 0 Å². The normalized spacial score (nSPS) is 12.4. The van der Waals surface area contributed by atoms with Crippen LogP contribution in [0.2, 0.25) is 0 Å². The monoisotopic (exact) mass is 415 g/mol. The number of sulfonamides is 1. The van der Waals surface area contributed by atoms with Gasteiger partial charge in [0.1, 0.15) is 5.82 Å². The van der Waals surface area contributed by atoms with Crippen molar-refractivity contribution < 1.29 is 21.2 Å². The molecule has 27 heavy (non-hydrogen) atoms. The second-order valence-corrected chi connectivity index (χ2v) is 10.9. The fourth-order valence-electron chi connectivity index (χ4n) is 2.51. The van der Waals surface area contributed by atoms with Crippen molar-refractivity contribution in [1.82, 2.24) is 9.97 Å². The fourth-order valence-corrected chi connectivity index (χ4v) is 3.69. The zero-order valence-electron chi connectivity index (χ0n) is 15.8. The lowest BCUT2D eigenvalue weighted by atomic mass is 9.99. The van der Waals surface area contributed by atoms with Gasteiger partial charge >= 0.3 is 0 Å². The van der Waals surface area contributed by atoms with Gasteiger partial charge in [0.2, 0.25) is 16.0 Å². The number of hydrogen-bond donors (Lipinski definition) is 0. The van der Waals surface area contributed by atoms with Crippen LogP contribution >= 0.6 is 0 Å². The molecule has 1 heterocycles. The van der Waals surface area contributed by atoms with Crippen molar-refractivity contribution in [2.75, 3.05) is 23.9 Å². The lowest BCUT2D eigenvalue weighted by Gasteiger charge is -2.21. The Kier molecular flexibility index (Phi) is 5.91. The number of hydrogen-bond acceptors (Lipinski definition) is 6. The molecule has 0 saturated carbocycles. The number of rotatable bonds is 6. The first kappa shape index (κ1) is 21.2. The van der Waals surface area contributed by atoms with Crippen LogP contribution in [0.25, 0.3) is 11.3 Å². The third kappa shape index (κ3) is 5.23. The van der Waals surface area contributed by atoms with E-state index in [-0.39, 0.29) is 23.3 Å². The van der Waals surface area contributed by atoms with E-state index in [1.807, 2.05) is 13.8 Å². The maximum Gasteiger partial charge on any atom is 0.239 e. The summed E-state index contributed by atoms with van der Waals surface area (Å²) in [7, 11) is -5.72. The van der Waals surface area contributed by atoms with Gasteiger partial charge in [-0.3, -0.25) is 0 Å². The van der Waals surface area contributed by atoms with E-state index in [1.165, 1.54) is 31.3 Å². The molecule has 0 amide bonds. The number of anilines is 1. The van der Waals surface area contributed by atoms with Crippen molar-refractivity contribution in [1.29, 1.82) is 0 Å². The van der Waals surface area contributed by atoms with Crippen LogP contribution in [-0.2, 0) is 25.6 Å². The summed E-state index contributed by atoms with van der Waals surface area (Å²) in [5, 5.41) is 0. The Balaban J connectivity index is 2.86. The van der Waals surface area contributed by atoms with E-state index in [0.717, 1.165) is 16.8 Å². The maximum absolute atomic E-state index is 13.3. The summed E-state index contributed by atoms with van der Waals surface area (Å²) in [5.41, 5.74) is 1.55. The lowest BCUT2D eigenvalue weighted by Crippen LogP contribution is -2.28. The molecule has 2 rings (SSSR count). The molecule has 0 aliphatic rings. The van der Waals surface area contributed by atoms with E-state index in [1.54, 1.807) is 0 Å². The molecule has 0 bridgehead atoms. The molecule has 0 aliphatic heterocycles. The summed E-state index contributed by atoms with van der Waals surface area (Å²) in [6.45, 7) is 3.65. The van der Waals surface area contributed by atoms with Crippen molar-refractivity contribution in [3.8, 4) is 11.3 Å². The second-order valence-electron chi connectivity index (χ2n) is 6.70. The molecular weight excluding hydrogens is 393 g/mol. The van der Waals surface area contributed by atoms with E-state index < -0.39 is 25.7 Å². The number of aromatic nitrogens is 2. The van der Waals surface area contributed by atoms with Gasteiger partial charge in [-0.25, -0.2) is 35.5 Å². The van der Waals surface area contributed by atoms with E-state index in [9.17, 15) is 21.2 Å². The smallest absolute Gasteiger partial charge is 0.239 e.